The zero-order valence-electron chi connectivity index (χ0n) is 14.6. The molecule has 0 bridgehead atoms. The third kappa shape index (κ3) is 4.96. The van der Waals surface area contributed by atoms with E-state index in [0.717, 1.165) is 0 Å². The van der Waals surface area contributed by atoms with Crippen molar-refractivity contribution in [3.05, 3.63) is 95.0 Å². The lowest BCUT2D eigenvalue weighted by Gasteiger charge is -2.13. The van der Waals surface area contributed by atoms with Crippen LogP contribution in [0.15, 0.2) is 78.9 Å². The molecule has 3 aromatic rings. The summed E-state index contributed by atoms with van der Waals surface area (Å²) in [5.41, 5.74) is 0.736. The topological polar surface area (TPSA) is 52.6 Å². The summed E-state index contributed by atoms with van der Waals surface area (Å²) < 4.78 is 11.0. The van der Waals surface area contributed by atoms with Crippen LogP contribution in [-0.4, -0.2) is 17.9 Å². The fourth-order valence-corrected chi connectivity index (χ4v) is 2.57. The Bertz CT molecular complexity index is 936. The van der Waals surface area contributed by atoms with E-state index in [1.165, 1.54) is 0 Å². The van der Waals surface area contributed by atoms with Crippen molar-refractivity contribution >= 4 is 23.4 Å². The van der Waals surface area contributed by atoms with Gasteiger partial charge in [0.2, 0.25) is 5.78 Å². The minimum atomic E-state index is -0.919. The lowest BCUT2D eigenvalue weighted by Crippen LogP contribution is -2.24. The molecule has 0 aromatic heterocycles. The summed E-state index contributed by atoms with van der Waals surface area (Å²) in [6.45, 7) is 1.54. The minimum absolute atomic E-state index is 0.295. The van der Waals surface area contributed by atoms with Crippen LogP contribution in [0.5, 0.6) is 11.5 Å². The number of para-hydroxylation sites is 1. The molecular weight excluding hydrogens is 364 g/mol. The summed E-state index contributed by atoms with van der Waals surface area (Å²) in [5, 5.41) is 0.534. The molecule has 3 aromatic carbocycles. The second kappa shape index (κ2) is 8.52. The average Bonchev–Trinajstić information content (AvgIpc) is 2.69. The Morgan fingerprint density at radius 3 is 2.19 bits per heavy atom. The van der Waals surface area contributed by atoms with Crippen molar-refractivity contribution in [1.82, 2.24) is 0 Å². The second-order valence-corrected chi connectivity index (χ2v) is 6.30. The summed E-state index contributed by atoms with van der Waals surface area (Å²) in [4.78, 5) is 24.8. The molecule has 5 heteroatoms. The van der Waals surface area contributed by atoms with Crippen LogP contribution in [0.25, 0.3) is 0 Å². The molecule has 136 valence electrons. The largest absolute Gasteiger partial charge is 0.457 e. The van der Waals surface area contributed by atoms with Crippen molar-refractivity contribution < 1.29 is 19.1 Å². The van der Waals surface area contributed by atoms with Gasteiger partial charge in [0.1, 0.15) is 11.5 Å². The first kappa shape index (κ1) is 18.7. The molecule has 27 heavy (non-hydrogen) atoms. The van der Waals surface area contributed by atoms with Gasteiger partial charge in [-0.1, -0.05) is 35.9 Å². The number of hydrogen-bond donors (Lipinski definition) is 0. The van der Waals surface area contributed by atoms with Crippen molar-refractivity contribution in [3.8, 4) is 11.5 Å². The van der Waals surface area contributed by atoms with Gasteiger partial charge >= 0.3 is 5.97 Å². The van der Waals surface area contributed by atoms with Crippen LogP contribution in [0, 0.1) is 0 Å². The number of esters is 1. The molecule has 0 saturated heterocycles. The summed E-state index contributed by atoms with van der Waals surface area (Å²) in [6.07, 6.45) is -0.919. The van der Waals surface area contributed by atoms with Gasteiger partial charge in [0.05, 0.1) is 5.56 Å². The van der Waals surface area contributed by atoms with E-state index in [0.29, 0.717) is 27.6 Å². The number of carbonyl (C=O) groups excluding carboxylic acids is 2. The smallest absolute Gasteiger partial charge is 0.338 e. The van der Waals surface area contributed by atoms with Gasteiger partial charge in [-0.25, -0.2) is 4.79 Å². The highest BCUT2D eigenvalue weighted by Gasteiger charge is 2.20. The Labute approximate surface area is 162 Å². The normalized spacial score (nSPS) is 11.5. The Balaban J connectivity index is 1.67. The van der Waals surface area contributed by atoms with Crippen molar-refractivity contribution in [1.29, 1.82) is 0 Å². The first-order valence-corrected chi connectivity index (χ1v) is 8.74. The monoisotopic (exact) mass is 380 g/mol. The van der Waals surface area contributed by atoms with E-state index in [2.05, 4.69) is 0 Å². The first-order valence-electron chi connectivity index (χ1n) is 8.36. The van der Waals surface area contributed by atoms with Gasteiger partial charge in [-0.2, -0.15) is 0 Å². The molecule has 0 saturated carbocycles. The summed E-state index contributed by atoms with van der Waals surface area (Å²) in [7, 11) is 0. The molecule has 0 aliphatic heterocycles. The van der Waals surface area contributed by atoms with Gasteiger partial charge in [-0.3, -0.25) is 4.79 Å². The van der Waals surface area contributed by atoms with Crippen LogP contribution >= 0.6 is 11.6 Å². The predicted octanol–water partition coefficient (Wildman–Crippen LogP) is 5.56. The van der Waals surface area contributed by atoms with Gasteiger partial charge in [0.25, 0.3) is 0 Å². The van der Waals surface area contributed by atoms with E-state index in [-0.39, 0.29) is 5.78 Å². The summed E-state index contributed by atoms with van der Waals surface area (Å²) in [6, 6.07) is 22.3. The first-order chi connectivity index (χ1) is 13.0. The lowest BCUT2D eigenvalue weighted by atomic mass is 10.1. The summed E-state index contributed by atoms with van der Waals surface area (Å²) >= 11 is 5.82. The van der Waals surface area contributed by atoms with Crippen molar-refractivity contribution in [2.45, 2.75) is 13.0 Å². The van der Waals surface area contributed by atoms with E-state index in [1.807, 2.05) is 30.3 Å². The van der Waals surface area contributed by atoms with Gasteiger partial charge in [0, 0.05) is 10.6 Å². The molecule has 0 spiro atoms. The van der Waals surface area contributed by atoms with E-state index in [4.69, 9.17) is 21.1 Å². The number of halogens is 1. The number of rotatable bonds is 6. The highest BCUT2D eigenvalue weighted by atomic mass is 35.5. The Morgan fingerprint density at radius 1 is 0.815 bits per heavy atom. The predicted molar refractivity (Wildman–Crippen MR) is 104 cm³/mol. The van der Waals surface area contributed by atoms with Gasteiger partial charge in [-0.15, -0.1) is 0 Å². The van der Waals surface area contributed by atoms with Crippen LogP contribution in [0.2, 0.25) is 5.02 Å². The molecule has 0 N–H and O–H groups in total. The lowest BCUT2D eigenvalue weighted by molar-refractivity contribution is 0.0318. The highest BCUT2D eigenvalue weighted by molar-refractivity contribution is 6.30. The number of ether oxygens (including phenoxy) is 2. The fraction of sp³-hybridized carbons (Fsp3) is 0.0909. The molecule has 1 atom stereocenters. The molecule has 0 fully saturated rings. The molecule has 0 unspecified atom stereocenters. The fourth-order valence-electron chi connectivity index (χ4n) is 2.44. The average molecular weight is 381 g/mol. The highest BCUT2D eigenvalue weighted by Crippen LogP contribution is 2.22. The standard InChI is InChI=1S/C22H17ClO4/c1-15(21(24)16-10-12-18(23)13-11-16)26-22(25)17-6-5-9-20(14-17)27-19-7-3-2-4-8-19/h2-15H,1H3/t15-/m1/s1. The number of carbonyl (C=O) groups is 2. The van der Waals surface area contributed by atoms with Gasteiger partial charge in [0.15, 0.2) is 6.10 Å². The Kier molecular flexibility index (Phi) is 5.89. The zero-order valence-corrected chi connectivity index (χ0v) is 15.3. The maximum absolute atomic E-state index is 12.4. The summed E-state index contributed by atoms with van der Waals surface area (Å²) in [5.74, 6) is 0.279. The Hall–Kier alpha value is -3.11. The van der Waals surface area contributed by atoms with Crippen molar-refractivity contribution in [2.24, 2.45) is 0 Å². The van der Waals surface area contributed by atoms with Gasteiger partial charge in [-0.05, 0) is 61.5 Å². The maximum atomic E-state index is 12.4. The quantitative estimate of drug-likeness (QED) is 0.415. The zero-order chi connectivity index (χ0) is 19.2. The molecule has 0 radical (unpaired) electrons. The third-order valence-corrected chi connectivity index (χ3v) is 4.08. The number of hydrogen-bond acceptors (Lipinski definition) is 4. The molecule has 0 aliphatic rings. The molecule has 0 heterocycles. The SMILES string of the molecule is C[C@@H](OC(=O)c1cccc(Oc2ccccc2)c1)C(=O)c1ccc(Cl)cc1. The molecule has 4 nitrogen and oxygen atoms in total. The third-order valence-electron chi connectivity index (χ3n) is 3.83. The van der Waals surface area contributed by atoms with E-state index >= 15 is 0 Å². The van der Waals surface area contributed by atoms with Crippen molar-refractivity contribution in [2.75, 3.05) is 0 Å². The molecule has 0 aliphatic carbocycles. The van der Waals surface area contributed by atoms with Crippen LogP contribution in [-0.2, 0) is 4.74 Å². The van der Waals surface area contributed by atoms with Crippen LogP contribution in [0.3, 0.4) is 0 Å². The van der Waals surface area contributed by atoms with E-state index < -0.39 is 12.1 Å². The number of ketones is 1. The van der Waals surface area contributed by atoms with Crippen LogP contribution in [0.1, 0.15) is 27.6 Å². The maximum Gasteiger partial charge on any atom is 0.338 e. The van der Waals surface area contributed by atoms with Crippen LogP contribution in [0.4, 0.5) is 0 Å². The second-order valence-electron chi connectivity index (χ2n) is 5.86. The molecule has 3 rings (SSSR count). The number of Topliss-reactive ketones (excluding diaryl/α,β-unsaturated/α-hetero) is 1. The van der Waals surface area contributed by atoms with Gasteiger partial charge < -0.3 is 9.47 Å². The van der Waals surface area contributed by atoms with Crippen molar-refractivity contribution in [3.63, 3.8) is 0 Å². The van der Waals surface area contributed by atoms with E-state index in [1.54, 1.807) is 55.5 Å². The minimum Gasteiger partial charge on any atom is -0.457 e. The van der Waals surface area contributed by atoms with Crippen LogP contribution < -0.4 is 4.74 Å². The van der Waals surface area contributed by atoms with E-state index in [9.17, 15) is 9.59 Å². The number of benzene rings is 3. The molecular formula is C22H17ClO4. The molecule has 0 amide bonds. The Morgan fingerprint density at radius 2 is 1.48 bits per heavy atom.